The molecule has 2 saturated heterocycles. The number of carbonyl (C=O) groups excluding carboxylic acids is 4. The van der Waals surface area contributed by atoms with Crippen molar-refractivity contribution in [3.63, 3.8) is 0 Å². The Hall–Kier alpha value is -2.20. The van der Waals surface area contributed by atoms with Gasteiger partial charge >= 0.3 is 23.9 Å². The van der Waals surface area contributed by atoms with Gasteiger partial charge in [-0.3, -0.25) is 19.3 Å². The van der Waals surface area contributed by atoms with Crippen molar-refractivity contribution >= 4 is 23.9 Å². The fraction of sp³-hybridized carbons (Fsp3) is 0.833. The van der Waals surface area contributed by atoms with Gasteiger partial charge in [0.15, 0.2) is 6.61 Å². The smallest absolute Gasteiger partial charge is 0.344 e. The summed E-state index contributed by atoms with van der Waals surface area (Å²) >= 11 is 0. The van der Waals surface area contributed by atoms with Gasteiger partial charge in [0.1, 0.15) is 18.8 Å². The molecular weight excluding hydrogens is 446 g/mol. The lowest BCUT2D eigenvalue weighted by atomic mass is 9.78. The minimum Gasteiger partial charge on any atom is -0.464 e. The molecule has 5 aliphatic rings. The van der Waals surface area contributed by atoms with Crippen molar-refractivity contribution in [3.8, 4) is 0 Å². The number of hydrogen-bond acceptors (Lipinski definition) is 10. The molecule has 2 heterocycles. The monoisotopic (exact) mass is 479 g/mol. The molecule has 3 saturated carbocycles. The van der Waals surface area contributed by atoms with Crippen LogP contribution in [0.3, 0.4) is 0 Å². The third kappa shape index (κ3) is 4.66. The van der Waals surface area contributed by atoms with E-state index in [2.05, 4.69) is 4.90 Å². The Bertz CT molecular complexity index is 804. The van der Waals surface area contributed by atoms with Crippen LogP contribution in [0, 0.1) is 29.6 Å². The highest BCUT2D eigenvalue weighted by Crippen LogP contribution is 2.59. The molecule has 3 aliphatic carbocycles. The van der Waals surface area contributed by atoms with E-state index in [1.165, 1.54) is 0 Å². The Labute approximate surface area is 198 Å². The van der Waals surface area contributed by atoms with Crippen LogP contribution in [0.2, 0.25) is 0 Å². The van der Waals surface area contributed by atoms with E-state index in [-0.39, 0.29) is 30.3 Å². The van der Waals surface area contributed by atoms with Gasteiger partial charge in [-0.05, 0) is 19.3 Å². The van der Waals surface area contributed by atoms with Gasteiger partial charge in [-0.15, -0.1) is 0 Å². The van der Waals surface area contributed by atoms with E-state index < -0.39 is 48.6 Å². The molecule has 0 spiro atoms. The third-order valence-electron chi connectivity index (χ3n) is 8.11. The predicted molar refractivity (Wildman–Crippen MR) is 114 cm³/mol. The van der Waals surface area contributed by atoms with E-state index in [9.17, 15) is 19.2 Å². The molecule has 6 atom stereocenters. The summed E-state index contributed by atoms with van der Waals surface area (Å²) in [5.74, 6) is -3.76. The van der Waals surface area contributed by atoms with Crippen molar-refractivity contribution in [3.05, 3.63) is 0 Å². The summed E-state index contributed by atoms with van der Waals surface area (Å²) in [5.41, 5.74) is 0. The van der Waals surface area contributed by atoms with Crippen LogP contribution in [0.25, 0.3) is 0 Å². The molecule has 6 unspecified atom stereocenters. The lowest BCUT2D eigenvalue weighted by molar-refractivity contribution is -0.173. The summed E-state index contributed by atoms with van der Waals surface area (Å²) < 4.78 is 27.2. The first-order valence-corrected chi connectivity index (χ1v) is 12.6. The van der Waals surface area contributed by atoms with E-state index >= 15 is 0 Å². The summed E-state index contributed by atoms with van der Waals surface area (Å²) in [7, 11) is 0. The van der Waals surface area contributed by atoms with Gasteiger partial charge in [-0.1, -0.05) is 19.3 Å². The Balaban J connectivity index is 1.14. The largest absolute Gasteiger partial charge is 0.464 e. The Morgan fingerprint density at radius 3 is 2.50 bits per heavy atom. The molecule has 34 heavy (non-hydrogen) atoms. The Morgan fingerprint density at radius 1 is 0.971 bits per heavy atom. The molecule has 5 rings (SSSR count). The zero-order valence-electron chi connectivity index (χ0n) is 19.4. The van der Waals surface area contributed by atoms with Crippen molar-refractivity contribution in [2.75, 3.05) is 46.1 Å². The zero-order chi connectivity index (χ0) is 23.7. The standard InChI is InChI=1S/C24H33NO9/c26-17(13-32-22(27)14-4-2-1-3-5-14)33-20-15-12-16-19(24(29)34-21(16)20)18(15)23(28)31-11-8-25-6-9-30-10-7-25/h14-16,18-21H,1-13H2. The van der Waals surface area contributed by atoms with Crippen LogP contribution in [-0.4, -0.2) is 87.0 Å². The summed E-state index contributed by atoms with van der Waals surface area (Å²) in [6, 6.07) is 0. The highest BCUT2D eigenvalue weighted by atomic mass is 16.6. The first-order chi connectivity index (χ1) is 16.5. The van der Waals surface area contributed by atoms with E-state index in [1.807, 2.05) is 0 Å². The normalized spacial score (nSPS) is 35.1. The second-order valence-corrected chi connectivity index (χ2v) is 10.0. The van der Waals surface area contributed by atoms with Crippen molar-refractivity contribution in [2.24, 2.45) is 29.6 Å². The highest BCUT2D eigenvalue weighted by molar-refractivity contribution is 5.86. The van der Waals surface area contributed by atoms with Gasteiger partial charge in [0, 0.05) is 31.5 Å². The molecule has 0 aromatic rings. The number of hydrogen-bond donors (Lipinski definition) is 0. The number of rotatable bonds is 8. The maximum absolute atomic E-state index is 12.9. The van der Waals surface area contributed by atoms with Gasteiger partial charge in [0.25, 0.3) is 0 Å². The summed E-state index contributed by atoms with van der Waals surface area (Å²) in [6.45, 7) is 3.30. The molecule has 0 aromatic carbocycles. The minimum atomic E-state index is -0.717. The average Bonchev–Trinajstić information content (AvgIpc) is 3.48. The van der Waals surface area contributed by atoms with Gasteiger partial charge < -0.3 is 23.7 Å². The van der Waals surface area contributed by atoms with Crippen LogP contribution in [-0.2, 0) is 42.9 Å². The van der Waals surface area contributed by atoms with E-state index in [4.69, 9.17) is 23.7 Å². The molecule has 2 aliphatic heterocycles. The van der Waals surface area contributed by atoms with Crippen LogP contribution in [0.5, 0.6) is 0 Å². The number of esters is 4. The Kier molecular flexibility index (Phi) is 7.06. The number of ether oxygens (including phenoxy) is 5. The second-order valence-electron chi connectivity index (χ2n) is 10.0. The second kappa shape index (κ2) is 10.2. The molecule has 0 radical (unpaired) electrons. The van der Waals surface area contributed by atoms with E-state index in [0.717, 1.165) is 45.2 Å². The molecule has 0 amide bonds. The minimum absolute atomic E-state index is 0.155. The van der Waals surface area contributed by atoms with E-state index in [1.54, 1.807) is 0 Å². The highest BCUT2D eigenvalue weighted by Gasteiger charge is 2.70. The topological polar surface area (TPSA) is 118 Å². The number of fused-ring (bicyclic) bond motifs is 1. The predicted octanol–water partition coefficient (Wildman–Crippen LogP) is 0.705. The molecule has 5 fully saturated rings. The summed E-state index contributed by atoms with van der Waals surface area (Å²) in [4.78, 5) is 52.3. The fourth-order valence-electron chi connectivity index (χ4n) is 6.44. The number of morpholine rings is 1. The third-order valence-corrected chi connectivity index (χ3v) is 8.11. The van der Waals surface area contributed by atoms with Crippen molar-refractivity contribution in [2.45, 2.75) is 50.7 Å². The summed E-state index contributed by atoms with van der Waals surface area (Å²) in [6.07, 6.45) is 3.99. The maximum Gasteiger partial charge on any atom is 0.344 e. The van der Waals surface area contributed by atoms with Crippen LogP contribution in [0.4, 0.5) is 0 Å². The van der Waals surface area contributed by atoms with Crippen LogP contribution < -0.4 is 0 Å². The quantitative estimate of drug-likeness (QED) is 0.364. The molecule has 0 aromatic heterocycles. The molecule has 188 valence electrons. The van der Waals surface area contributed by atoms with E-state index in [0.29, 0.717) is 26.2 Å². The lowest BCUT2D eigenvalue weighted by Gasteiger charge is -2.30. The van der Waals surface area contributed by atoms with Gasteiger partial charge in [-0.25, -0.2) is 4.79 Å². The van der Waals surface area contributed by atoms with Crippen LogP contribution in [0.15, 0.2) is 0 Å². The summed E-state index contributed by atoms with van der Waals surface area (Å²) in [5, 5.41) is 0. The lowest BCUT2D eigenvalue weighted by Crippen LogP contribution is -2.44. The zero-order valence-corrected chi connectivity index (χ0v) is 19.4. The van der Waals surface area contributed by atoms with Gasteiger partial charge in [0.2, 0.25) is 0 Å². The first kappa shape index (κ1) is 23.5. The first-order valence-electron chi connectivity index (χ1n) is 12.6. The molecule has 0 N–H and O–H groups in total. The fourth-order valence-corrected chi connectivity index (χ4v) is 6.44. The maximum atomic E-state index is 12.9. The molecule has 10 heteroatoms. The van der Waals surface area contributed by atoms with Crippen molar-refractivity contribution < 1.29 is 42.9 Å². The van der Waals surface area contributed by atoms with Crippen molar-refractivity contribution in [1.29, 1.82) is 0 Å². The molecule has 10 nitrogen and oxygen atoms in total. The SMILES string of the molecule is O=C(COC(=O)C1CCCCC1)OC1C2CC3C1OC(=O)C3C2C(=O)OCCN1CCOCC1. The van der Waals surface area contributed by atoms with Crippen LogP contribution in [0.1, 0.15) is 38.5 Å². The molecule has 2 bridgehead atoms. The number of nitrogens with zero attached hydrogens (tertiary/aromatic N) is 1. The van der Waals surface area contributed by atoms with Gasteiger partial charge in [-0.2, -0.15) is 0 Å². The average molecular weight is 480 g/mol. The van der Waals surface area contributed by atoms with Gasteiger partial charge in [0.05, 0.1) is 31.0 Å². The number of carbonyl (C=O) groups is 4. The Morgan fingerprint density at radius 2 is 1.74 bits per heavy atom. The van der Waals surface area contributed by atoms with Crippen molar-refractivity contribution in [1.82, 2.24) is 4.90 Å². The van der Waals surface area contributed by atoms with Crippen LogP contribution >= 0.6 is 0 Å². The molecular formula is C24H33NO9.